The zero-order chi connectivity index (χ0) is 10.1. The molecule has 0 aliphatic carbocycles. The van der Waals surface area contributed by atoms with Crippen molar-refractivity contribution < 1.29 is 4.79 Å². The first kappa shape index (κ1) is 8.87. The molecule has 0 radical (unpaired) electrons. The topological polar surface area (TPSA) is 72.4 Å². The summed E-state index contributed by atoms with van der Waals surface area (Å²) < 4.78 is 0. The van der Waals surface area contributed by atoms with E-state index in [4.69, 9.17) is 11.5 Å². The van der Waals surface area contributed by atoms with Crippen LogP contribution in [0, 0.1) is 0 Å². The summed E-state index contributed by atoms with van der Waals surface area (Å²) in [6.45, 7) is 0.886. The van der Waals surface area contributed by atoms with Crippen molar-refractivity contribution in [3.05, 3.63) is 24.3 Å². The highest BCUT2D eigenvalue weighted by molar-refractivity contribution is 5.85. The first-order valence-electron chi connectivity index (χ1n) is 4.60. The largest absolute Gasteiger partial charge is 0.399 e. The highest BCUT2D eigenvalue weighted by atomic mass is 16.1. The van der Waals surface area contributed by atoms with Crippen LogP contribution in [-0.2, 0) is 4.79 Å². The lowest BCUT2D eigenvalue weighted by molar-refractivity contribution is -0.120. The predicted molar refractivity (Wildman–Crippen MR) is 55.8 cm³/mol. The summed E-state index contributed by atoms with van der Waals surface area (Å²) in [6.07, 6.45) is 0.847. The van der Waals surface area contributed by atoms with Gasteiger partial charge in [0.2, 0.25) is 5.91 Å². The molecule has 1 atom stereocenters. The van der Waals surface area contributed by atoms with E-state index in [9.17, 15) is 4.79 Å². The molecule has 0 saturated carbocycles. The number of hydrogen-bond donors (Lipinski definition) is 2. The van der Waals surface area contributed by atoms with E-state index in [2.05, 4.69) is 0 Å². The van der Waals surface area contributed by atoms with Gasteiger partial charge in [0.25, 0.3) is 0 Å². The fourth-order valence-corrected chi connectivity index (χ4v) is 1.66. The van der Waals surface area contributed by atoms with Gasteiger partial charge >= 0.3 is 0 Å². The summed E-state index contributed by atoms with van der Waals surface area (Å²) in [5.74, 6) is -0.256. The van der Waals surface area contributed by atoms with Crippen LogP contribution in [0.1, 0.15) is 6.42 Å². The van der Waals surface area contributed by atoms with Crippen molar-refractivity contribution in [1.82, 2.24) is 0 Å². The molecule has 1 saturated heterocycles. The lowest BCUT2D eigenvalue weighted by Crippen LogP contribution is -2.55. The summed E-state index contributed by atoms with van der Waals surface area (Å²) in [4.78, 5) is 13.0. The fraction of sp³-hybridized carbons (Fsp3) is 0.300. The smallest absolute Gasteiger partial charge is 0.240 e. The molecular weight excluding hydrogens is 178 g/mol. The van der Waals surface area contributed by atoms with Gasteiger partial charge in [-0.3, -0.25) is 4.79 Å². The normalized spacial score (nSPS) is 20.3. The van der Waals surface area contributed by atoms with Crippen LogP contribution in [0.3, 0.4) is 0 Å². The number of anilines is 2. The molecule has 4 nitrogen and oxygen atoms in total. The van der Waals surface area contributed by atoms with Gasteiger partial charge in [-0.25, -0.2) is 0 Å². The van der Waals surface area contributed by atoms with Gasteiger partial charge in [0.05, 0.1) is 0 Å². The Kier molecular flexibility index (Phi) is 2.04. The molecule has 4 N–H and O–H groups in total. The van der Waals surface area contributed by atoms with Gasteiger partial charge in [-0.1, -0.05) is 0 Å². The zero-order valence-electron chi connectivity index (χ0n) is 7.81. The van der Waals surface area contributed by atoms with E-state index in [1.54, 1.807) is 0 Å². The van der Waals surface area contributed by atoms with Crippen molar-refractivity contribution >= 4 is 17.3 Å². The lowest BCUT2D eigenvalue weighted by atomic mass is 10.0. The number of amides is 1. The Morgan fingerprint density at radius 2 is 2.00 bits per heavy atom. The van der Waals surface area contributed by atoms with Crippen LogP contribution in [0.2, 0.25) is 0 Å². The number of rotatable bonds is 2. The first-order chi connectivity index (χ1) is 6.68. The Bertz CT molecular complexity index is 347. The predicted octanol–water partition coefficient (Wildman–Crippen LogP) is 0.333. The van der Waals surface area contributed by atoms with Gasteiger partial charge in [-0.2, -0.15) is 0 Å². The maximum absolute atomic E-state index is 11.0. The highest BCUT2D eigenvalue weighted by Gasteiger charge is 2.32. The van der Waals surface area contributed by atoms with E-state index in [1.807, 2.05) is 29.2 Å². The second kappa shape index (κ2) is 3.21. The van der Waals surface area contributed by atoms with Crippen molar-refractivity contribution in [2.75, 3.05) is 17.2 Å². The van der Waals surface area contributed by atoms with Gasteiger partial charge < -0.3 is 16.4 Å². The Hall–Kier alpha value is -1.71. The quantitative estimate of drug-likeness (QED) is 0.662. The molecule has 1 heterocycles. The zero-order valence-corrected chi connectivity index (χ0v) is 7.81. The molecule has 2 rings (SSSR count). The second-order valence-electron chi connectivity index (χ2n) is 3.49. The molecule has 1 aliphatic heterocycles. The Morgan fingerprint density at radius 1 is 1.36 bits per heavy atom. The third-order valence-electron chi connectivity index (χ3n) is 2.57. The number of nitrogen functional groups attached to an aromatic ring is 1. The second-order valence-corrected chi connectivity index (χ2v) is 3.49. The average molecular weight is 191 g/mol. The van der Waals surface area contributed by atoms with Crippen LogP contribution in [0.4, 0.5) is 11.4 Å². The molecular formula is C10H13N3O. The number of carbonyl (C=O) groups excluding carboxylic acids is 1. The van der Waals surface area contributed by atoms with E-state index >= 15 is 0 Å². The third-order valence-corrected chi connectivity index (χ3v) is 2.57. The van der Waals surface area contributed by atoms with E-state index < -0.39 is 0 Å². The minimum atomic E-state index is -0.256. The van der Waals surface area contributed by atoms with Crippen LogP contribution >= 0.6 is 0 Å². The van der Waals surface area contributed by atoms with Crippen molar-refractivity contribution in [2.45, 2.75) is 12.5 Å². The highest BCUT2D eigenvalue weighted by Crippen LogP contribution is 2.26. The summed E-state index contributed by atoms with van der Waals surface area (Å²) in [5.41, 5.74) is 12.6. The molecule has 14 heavy (non-hydrogen) atoms. The molecule has 1 aromatic carbocycles. The summed E-state index contributed by atoms with van der Waals surface area (Å²) in [6, 6.07) is 7.32. The van der Waals surface area contributed by atoms with Crippen LogP contribution < -0.4 is 16.4 Å². The Balaban J connectivity index is 2.16. The van der Waals surface area contributed by atoms with E-state index in [1.165, 1.54) is 0 Å². The van der Waals surface area contributed by atoms with Crippen LogP contribution in [-0.4, -0.2) is 18.5 Å². The van der Waals surface area contributed by atoms with Gasteiger partial charge in [0.1, 0.15) is 6.04 Å². The molecule has 0 spiro atoms. The molecule has 1 aromatic rings. The van der Waals surface area contributed by atoms with Crippen molar-refractivity contribution in [2.24, 2.45) is 5.73 Å². The van der Waals surface area contributed by atoms with E-state index in [-0.39, 0.29) is 11.9 Å². The van der Waals surface area contributed by atoms with Crippen LogP contribution in [0.5, 0.6) is 0 Å². The fourth-order valence-electron chi connectivity index (χ4n) is 1.66. The molecule has 74 valence electrons. The molecule has 4 heteroatoms. The number of nitrogens with two attached hydrogens (primary N) is 2. The molecule has 1 fully saturated rings. The monoisotopic (exact) mass is 191 g/mol. The van der Waals surface area contributed by atoms with Crippen molar-refractivity contribution in [3.8, 4) is 0 Å². The Labute approximate surface area is 82.5 Å². The lowest BCUT2D eigenvalue weighted by Gasteiger charge is -2.40. The van der Waals surface area contributed by atoms with Crippen molar-refractivity contribution in [3.63, 3.8) is 0 Å². The molecule has 0 bridgehead atoms. The van der Waals surface area contributed by atoms with Gasteiger partial charge in [-0.15, -0.1) is 0 Å². The average Bonchev–Trinajstić information content (AvgIpc) is 2.05. The first-order valence-corrected chi connectivity index (χ1v) is 4.60. The molecule has 1 unspecified atom stereocenters. The summed E-state index contributed by atoms with van der Waals surface area (Å²) in [5, 5.41) is 0. The van der Waals surface area contributed by atoms with Gasteiger partial charge in [-0.05, 0) is 30.7 Å². The standard InChI is InChI=1S/C10H13N3O/c11-7-1-3-8(4-2-7)13-6-5-9(13)10(12)14/h1-4,9H,5-6,11H2,(H2,12,14). The maximum atomic E-state index is 11.0. The molecule has 1 aliphatic rings. The number of nitrogens with zero attached hydrogens (tertiary/aromatic N) is 1. The summed E-state index contributed by atoms with van der Waals surface area (Å²) >= 11 is 0. The SMILES string of the molecule is NC(=O)C1CCN1c1ccc(N)cc1. The molecule has 1 amide bonds. The number of hydrogen-bond acceptors (Lipinski definition) is 3. The van der Waals surface area contributed by atoms with Crippen LogP contribution in [0.25, 0.3) is 0 Å². The van der Waals surface area contributed by atoms with Gasteiger partial charge in [0.15, 0.2) is 0 Å². The van der Waals surface area contributed by atoms with Crippen LogP contribution in [0.15, 0.2) is 24.3 Å². The number of benzene rings is 1. The molecule has 0 aromatic heterocycles. The third kappa shape index (κ3) is 1.39. The Morgan fingerprint density at radius 3 is 2.43 bits per heavy atom. The number of carbonyl (C=O) groups is 1. The maximum Gasteiger partial charge on any atom is 0.240 e. The summed E-state index contributed by atoms with van der Waals surface area (Å²) in [7, 11) is 0. The van der Waals surface area contributed by atoms with E-state index in [0.29, 0.717) is 0 Å². The van der Waals surface area contributed by atoms with Crippen molar-refractivity contribution in [1.29, 1.82) is 0 Å². The minimum Gasteiger partial charge on any atom is -0.399 e. The minimum absolute atomic E-state index is 0.140. The van der Waals surface area contributed by atoms with E-state index in [0.717, 1.165) is 24.3 Å². The van der Waals surface area contributed by atoms with Gasteiger partial charge in [0, 0.05) is 17.9 Å². The number of primary amides is 1.